The molecule has 2 rings (SSSR count). The average molecular weight is 607 g/mol. The molecule has 0 aromatic heterocycles. The summed E-state index contributed by atoms with van der Waals surface area (Å²) in [6, 6.07) is 9.13. The van der Waals surface area contributed by atoms with Gasteiger partial charge in [0.15, 0.2) is 0 Å². The lowest BCUT2D eigenvalue weighted by Gasteiger charge is -2.31. The standard InChI is InChI=1S/C24H30BrCl2N3O4S/c1-5-6-11-28-24(32)17(3)29(14-18-7-10-21(26)22(27)13-18)23(31)15-30(35(4,33)34)19-8-9-20(25)16(2)12-19/h7-10,12-13,17H,5-6,11,14-15H2,1-4H3,(H,28,32)/t17-/m1/s1. The highest BCUT2D eigenvalue weighted by molar-refractivity contribution is 9.10. The van der Waals surface area contributed by atoms with E-state index in [2.05, 4.69) is 21.2 Å². The molecule has 2 aromatic carbocycles. The van der Waals surface area contributed by atoms with E-state index in [0.717, 1.165) is 33.4 Å². The zero-order valence-electron chi connectivity index (χ0n) is 20.1. The van der Waals surface area contributed by atoms with E-state index in [1.54, 1.807) is 43.3 Å². The Hall–Kier alpha value is -1.81. The highest BCUT2D eigenvalue weighted by Gasteiger charge is 2.30. The van der Waals surface area contributed by atoms with Gasteiger partial charge in [0.05, 0.1) is 22.0 Å². The number of halogens is 3. The monoisotopic (exact) mass is 605 g/mol. The molecule has 0 aliphatic carbocycles. The Morgan fingerprint density at radius 2 is 1.80 bits per heavy atom. The molecule has 0 radical (unpaired) electrons. The Morgan fingerprint density at radius 3 is 2.37 bits per heavy atom. The predicted octanol–water partition coefficient (Wildman–Crippen LogP) is 5.16. The molecule has 0 spiro atoms. The fourth-order valence-corrected chi connectivity index (χ4v) is 4.76. The van der Waals surface area contributed by atoms with Crippen molar-refractivity contribution in [2.75, 3.05) is 23.7 Å². The average Bonchev–Trinajstić information content (AvgIpc) is 2.78. The quantitative estimate of drug-likeness (QED) is 0.358. The van der Waals surface area contributed by atoms with Crippen LogP contribution in [0.15, 0.2) is 40.9 Å². The maximum Gasteiger partial charge on any atom is 0.244 e. The minimum Gasteiger partial charge on any atom is -0.354 e. The van der Waals surface area contributed by atoms with E-state index >= 15 is 0 Å². The molecule has 0 unspecified atom stereocenters. The van der Waals surface area contributed by atoms with Gasteiger partial charge in [0.2, 0.25) is 21.8 Å². The van der Waals surface area contributed by atoms with Crippen molar-refractivity contribution in [2.24, 2.45) is 0 Å². The second-order valence-corrected chi connectivity index (χ2v) is 11.9. The van der Waals surface area contributed by atoms with Crippen LogP contribution in [0.1, 0.15) is 37.8 Å². The molecule has 35 heavy (non-hydrogen) atoms. The largest absolute Gasteiger partial charge is 0.354 e. The summed E-state index contributed by atoms with van der Waals surface area (Å²) < 4.78 is 27.1. The van der Waals surface area contributed by atoms with Gasteiger partial charge in [-0.2, -0.15) is 0 Å². The molecule has 0 aliphatic heterocycles. The van der Waals surface area contributed by atoms with Gasteiger partial charge in [-0.1, -0.05) is 58.5 Å². The first kappa shape index (κ1) is 29.4. The Bertz CT molecular complexity index is 1180. The molecule has 0 heterocycles. The van der Waals surface area contributed by atoms with Crippen LogP contribution >= 0.6 is 39.1 Å². The number of unbranched alkanes of at least 4 members (excludes halogenated alkanes) is 1. The Morgan fingerprint density at radius 1 is 1.11 bits per heavy atom. The highest BCUT2D eigenvalue weighted by Crippen LogP contribution is 2.26. The van der Waals surface area contributed by atoms with Crippen LogP contribution in [0.25, 0.3) is 0 Å². The first-order valence-corrected chi connectivity index (χ1v) is 14.5. The van der Waals surface area contributed by atoms with Crippen LogP contribution in [0.4, 0.5) is 5.69 Å². The van der Waals surface area contributed by atoms with Crippen LogP contribution in [0.3, 0.4) is 0 Å². The zero-order chi connectivity index (χ0) is 26.3. The van der Waals surface area contributed by atoms with E-state index in [4.69, 9.17) is 23.2 Å². The summed E-state index contributed by atoms with van der Waals surface area (Å²) in [5.41, 5.74) is 1.84. The summed E-state index contributed by atoms with van der Waals surface area (Å²) in [5, 5.41) is 3.52. The summed E-state index contributed by atoms with van der Waals surface area (Å²) in [7, 11) is -3.79. The van der Waals surface area contributed by atoms with Gasteiger partial charge in [0, 0.05) is 17.6 Å². The Kier molecular flexibility index (Phi) is 10.9. The van der Waals surface area contributed by atoms with E-state index in [0.29, 0.717) is 27.8 Å². The number of sulfonamides is 1. The van der Waals surface area contributed by atoms with Gasteiger partial charge in [0.1, 0.15) is 12.6 Å². The van der Waals surface area contributed by atoms with Crippen LogP contribution < -0.4 is 9.62 Å². The normalized spacial score (nSPS) is 12.2. The van der Waals surface area contributed by atoms with Crippen molar-refractivity contribution < 1.29 is 18.0 Å². The van der Waals surface area contributed by atoms with Crippen molar-refractivity contribution in [3.8, 4) is 0 Å². The van der Waals surface area contributed by atoms with Crippen LogP contribution in [-0.4, -0.2) is 50.5 Å². The Balaban J connectivity index is 2.39. The molecule has 0 bridgehead atoms. The van der Waals surface area contributed by atoms with Gasteiger partial charge in [-0.05, 0) is 61.7 Å². The minimum atomic E-state index is -3.79. The molecule has 1 atom stereocenters. The van der Waals surface area contributed by atoms with E-state index in [1.165, 1.54) is 4.90 Å². The molecule has 0 aliphatic rings. The number of hydrogen-bond donors (Lipinski definition) is 1. The molecule has 192 valence electrons. The molecule has 1 N–H and O–H groups in total. The third kappa shape index (κ3) is 8.37. The number of nitrogens with zero attached hydrogens (tertiary/aromatic N) is 2. The molecule has 0 fully saturated rings. The summed E-state index contributed by atoms with van der Waals surface area (Å²) in [4.78, 5) is 27.7. The molecule has 2 amide bonds. The molecule has 11 heteroatoms. The molecular formula is C24H30BrCl2N3O4S. The second kappa shape index (κ2) is 12.9. The van der Waals surface area contributed by atoms with Crippen LogP contribution in [0.2, 0.25) is 10.0 Å². The van der Waals surface area contributed by atoms with Crippen molar-refractivity contribution in [1.29, 1.82) is 0 Å². The lowest BCUT2D eigenvalue weighted by Crippen LogP contribution is -2.51. The number of carbonyl (C=O) groups excluding carboxylic acids is 2. The molecule has 2 aromatic rings. The van der Waals surface area contributed by atoms with E-state index in [-0.39, 0.29) is 12.5 Å². The van der Waals surface area contributed by atoms with Crippen LogP contribution in [-0.2, 0) is 26.2 Å². The summed E-state index contributed by atoms with van der Waals surface area (Å²) >= 11 is 15.6. The van der Waals surface area contributed by atoms with Crippen LogP contribution in [0.5, 0.6) is 0 Å². The third-order valence-corrected chi connectivity index (χ3v) is 8.21. The third-order valence-electron chi connectivity index (χ3n) is 5.44. The molecule has 7 nitrogen and oxygen atoms in total. The first-order chi connectivity index (χ1) is 16.3. The van der Waals surface area contributed by atoms with Gasteiger partial charge < -0.3 is 10.2 Å². The lowest BCUT2D eigenvalue weighted by atomic mass is 10.1. The number of rotatable bonds is 11. The number of aryl methyl sites for hydroxylation is 1. The number of amides is 2. The van der Waals surface area contributed by atoms with Gasteiger partial charge in [-0.15, -0.1) is 0 Å². The van der Waals surface area contributed by atoms with E-state index < -0.39 is 28.5 Å². The van der Waals surface area contributed by atoms with Gasteiger partial charge >= 0.3 is 0 Å². The molecular weight excluding hydrogens is 577 g/mol. The summed E-state index contributed by atoms with van der Waals surface area (Å²) in [6.07, 6.45) is 2.77. The predicted molar refractivity (Wildman–Crippen MR) is 145 cm³/mol. The Labute approximate surface area is 225 Å². The van der Waals surface area contributed by atoms with E-state index in [1.807, 2.05) is 13.8 Å². The van der Waals surface area contributed by atoms with Gasteiger partial charge in [0.25, 0.3) is 0 Å². The fourth-order valence-electron chi connectivity index (χ4n) is 3.35. The van der Waals surface area contributed by atoms with Crippen LogP contribution in [0, 0.1) is 6.92 Å². The summed E-state index contributed by atoms with van der Waals surface area (Å²) in [6.45, 7) is 5.53. The lowest BCUT2D eigenvalue weighted by molar-refractivity contribution is -0.139. The highest BCUT2D eigenvalue weighted by atomic mass is 79.9. The molecule has 0 saturated carbocycles. The van der Waals surface area contributed by atoms with Crippen molar-refractivity contribution in [2.45, 2.75) is 46.2 Å². The van der Waals surface area contributed by atoms with Crippen molar-refractivity contribution in [3.05, 3.63) is 62.0 Å². The fraction of sp³-hybridized carbons (Fsp3) is 0.417. The van der Waals surface area contributed by atoms with Crippen molar-refractivity contribution >= 4 is 66.7 Å². The van der Waals surface area contributed by atoms with Crippen molar-refractivity contribution in [3.63, 3.8) is 0 Å². The first-order valence-electron chi connectivity index (χ1n) is 11.1. The van der Waals surface area contributed by atoms with E-state index in [9.17, 15) is 18.0 Å². The maximum atomic E-state index is 13.5. The van der Waals surface area contributed by atoms with Gasteiger partial charge in [-0.25, -0.2) is 8.42 Å². The zero-order valence-corrected chi connectivity index (χ0v) is 24.1. The smallest absolute Gasteiger partial charge is 0.244 e. The SMILES string of the molecule is CCCCNC(=O)[C@@H](C)N(Cc1ccc(Cl)c(Cl)c1)C(=O)CN(c1ccc(Br)c(C)c1)S(C)(=O)=O. The number of nitrogens with one attached hydrogen (secondary N) is 1. The number of hydrogen-bond acceptors (Lipinski definition) is 4. The number of carbonyl (C=O) groups is 2. The topological polar surface area (TPSA) is 86.8 Å². The van der Waals surface area contributed by atoms with Crippen molar-refractivity contribution in [1.82, 2.24) is 10.2 Å². The number of benzene rings is 2. The molecule has 0 saturated heterocycles. The minimum absolute atomic E-state index is 0.0506. The second-order valence-electron chi connectivity index (χ2n) is 8.29. The maximum absolute atomic E-state index is 13.5. The number of anilines is 1. The van der Waals surface area contributed by atoms with Gasteiger partial charge in [-0.3, -0.25) is 13.9 Å². The summed E-state index contributed by atoms with van der Waals surface area (Å²) in [5.74, 6) is -0.850.